The van der Waals surface area contributed by atoms with Crippen LogP contribution in [0.4, 0.5) is 0 Å². The minimum Gasteiger partial charge on any atom is -0.256 e. The Hall–Kier alpha value is -16.0. The van der Waals surface area contributed by atoms with Crippen molar-refractivity contribution in [1.29, 1.82) is 0 Å². The molecule has 0 unspecified atom stereocenters. The van der Waals surface area contributed by atoms with E-state index in [0.717, 1.165) is 71.8 Å². The molecule has 656 valence electrons. The second-order valence-corrected chi connectivity index (χ2v) is 36.8. The van der Waals surface area contributed by atoms with Gasteiger partial charge in [-0.25, -0.2) is 0 Å². The zero-order valence-corrected chi connectivity index (χ0v) is 74.6. The molecule has 6 heteroatoms. The highest BCUT2D eigenvalue weighted by atomic mass is 14.7. The van der Waals surface area contributed by atoms with Crippen LogP contribution in [0.5, 0.6) is 0 Å². The highest BCUT2D eigenvalue weighted by Gasteiger charge is 2.30. The Bertz CT molecular complexity index is 8810. The maximum absolute atomic E-state index is 4.88. The van der Waals surface area contributed by atoms with Gasteiger partial charge in [-0.3, -0.25) is 29.9 Å². The van der Waals surface area contributed by atoms with E-state index in [1.165, 1.54) is 264 Å². The van der Waals surface area contributed by atoms with E-state index in [2.05, 4.69) is 387 Å². The van der Waals surface area contributed by atoms with Gasteiger partial charge in [-0.1, -0.05) is 302 Å². The summed E-state index contributed by atoms with van der Waals surface area (Å²) in [6.07, 6.45) is 16.0. The second kappa shape index (κ2) is 34.9. The Kier molecular flexibility index (Phi) is 22.2. The van der Waals surface area contributed by atoms with Crippen molar-refractivity contribution in [3.05, 3.63) is 465 Å². The van der Waals surface area contributed by atoms with Gasteiger partial charge in [-0.05, 0) is 329 Å². The maximum Gasteiger partial charge on any atom is 0.0971 e. The van der Waals surface area contributed by atoms with E-state index in [-0.39, 0.29) is 29.7 Å². The molecule has 0 spiro atoms. The van der Waals surface area contributed by atoms with Crippen molar-refractivity contribution in [2.45, 2.75) is 110 Å². The van der Waals surface area contributed by atoms with Crippen molar-refractivity contribution >= 4 is 130 Å². The topological polar surface area (TPSA) is 77.3 Å². The second-order valence-electron chi connectivity index (χ2n) is 36.8. The van der Waals surface area contributed by atoms with Crippen LogP contribution in [0, 0.1) is 41.5 Å². The van der Waals surface area contributed by atoms with Crippen molar-refractivity contribution in [2.24, 2.45) is 0 Å². The van der Waals surface area contributed by atoms with Gasteiger partial charge in [0, 0.05) is 107 Å². The number of hydrogen-bond donors (Lipinski definition) is 0. The molecular formula is C130H106N6. The van der Waals surface area contributed by atoms with Gasteiger partial charge in [-0.15, -0.1) is 0 Å². The molecule has 30 rings (SSSR count). The summed E-state index contributed by atoms with van der Waals surface area (Å²) in [5, 5.41) is 24.5. The molecule has 0 N–H and O–H groups in total. The van der Waals surface area contributed by atoms with Gasteiger partial charge in [0.15, 0.2) is 0 Å². The van der Waals surface area contributed by atoms with Crippen molar-refractivity contribution < 1.29 is 0 Å². The van der Waals surface area contributed by atoms with Gasteiger partial charge in [0.1, 0.15) is 0 Å². The Balaban J connectivity index is 0.0000000970. The highest BCUT2D eigenvalue weighted by Crippen LogP contribution is 2.50. The average molecular weight is 1750 g/mol. The molecular weight excluding hydrogens is 1650 g/mol. The van der Waals surface area contributed by atoms with E-state index in [9.17, 15) is 0 Å². The van der Waals surface area contributed by atoms with Crippen LogP contribution in [-0.2, 0) is 38.5 Å². The molecule has 24 aromatic rings. The molecule has 6 heterocycles. The highest BCUT2D eigenvalue weighted by molar-refractivity contribution is 6.16. The zero-order valence-electron chi connectivity index (χ0n) is 74.6. The third-order valence-corrected chi connectivity index (χ3v) is 29.0. The summed E-state index contributed by atoms with van der Waals surface area (Å²) in [5.74, 6) is 0. The fourth-order valence-electron chi connectivity index (χ4n) is 22.6. The van der Waals surface area contributed by atoms with Crippen LogP contribution >= 0.6 is 0 Å². The first-order chi connectivity index (χ1) is 64.9. The zero-order chi connectivity index (χ0) is 88.1. The van der Waals surface area contributed by atoms with Gasteiger partial charge in [0.25, 0.3) is 0 Å². The van der Waals surface area contributed by atoms with E-state index in [4.69, 9.17) is 24.9 Å². The summed E-state index contributed by atoms with van der Waals surface area (Å²) in [6, 6.07) is 121. The number of rotatable bonds is 0. The van der Waals surface area contributed by atoms with Gasteiger partial charge < -0.3 is 0 Å². The smallest absolute Gasteiger partial charge is 0.0971 e. The normalized spacial score (nSPS) is 12.2. The first-order valence-corrected chi connectivity index (χ1v) is 46.2. The predicted octanol–water partition coefficient (Wildman–Crippen LogP) is 34.2. The van der Waals surface area contributed by atoms with Crippen LogP contribution in [0.15, 0.2) is 365 Å². The first kappa shape index (κ1) is 86.7. The monoisotopic (exact) mass is 1750 g/mol. The fourth-order valence-corrected chi connectivity index (χ4v) is 22.6. The standard InChI is InChI=1S/C22H16.4C21H15N.C20H14N2.4CH4/c1-14-5-4-8-19-20(14)13-18-10-9-17-11-15-6-2-3-7-16(15)12-21(17)22(18)19;1-13-17-8-4-2-7-15(17)11-19-20-16(12-22-21(13)19)10-14-6-3-5-9-18(14)20;1-13-18-11-16-8-4-5-9-17(16)21(18)19-10-14-6-2-3-7-15(14)12-20(19)22-13;1-13-8-9-22-21-18(13)12-17-7-6-16-10-14-4-2-3-5-15(14)11-19(16)20(17)21;1-13-6-7-14-8-9-18-20-16(12-22-21(18)19(14)10-13)11-15-4-2-3-5-17(15)20;1-12-9-17-18-14(10-13-5-2-3-6-16(13)18)11-22-20(17)19-15(12)7-4-8-21-19;;;;/h2-12H,13H2,1H3;2-9,11-12H,10H2,1H3;2-10,12H,11H2,1H3;2-11H,12H2,1H3;2-10,12H,11H2,1H3;2-9,11H,10H2,1H3;4*1H4. The van der Waals surface area contributed by atoms with Crippen LogP contribution < -0.4 is 0 Å². The number of aromatic nitrogens is 6. The van der Waals surface area contributed by atoms with Crippen LogP contribution in [0.25, 0.3) is 197 Å². The molecule has 6 aromatic heterocycles. The summed E-state index contributed by atoms with van der Waals surface area (Å²) in [4.78, 5) is 28.5. The molecule has 0 aliphatic heterocycles. The van der Waals surface area contributed by atoms with E-state index in [1.54, 1.807) is 0 Å². The maximum atomic E-state index is 4.88. The van der Waals surface area contributed by atoms with Crippen molar-refractivity contribution in [3.8, 4) is 66.9 Å². The third kappa shape index (κ3) is 14.5. The van der Waals surface area contributed by atoms with Gasteiger partial charge in [-0.2, -0.15) is 0 Å². The number of hydrogen-bond acceptors (Lipinski definition) is 6. The summed E-state index contributed by atoms with van der Waals surface area (Å²) in [7, 11) is 0. The quantitative estimate of drug-likeness (QED) is 0.111. The Labute approximate surface area is 795 Å². The van der Waals surface area contributed by atoms with Crippen molar-refractivity contribution in [1.82, 2.24) is 29.9 Å². The Morgan fingerprint density at radius 1 is 0.206 bits per heavy atom. The van der Waals surface area contributed by atoms with E-state index < -0.39 is 0 Å². The predicted molar refractivity (Wildman–Crippen MR) is 580 cm³/mol. The van der Waals surface area contributed by atoms with Crippen LogP contribution in [0.2, 0.25) is 0 Å². The fraction of sp³-hybridized carbons (Fsp3) is 0.123. The van der Waals surface area contributed by atoms with Crippen LogP contribution in [0.3, 0.4) is 0 Å². The minimum atomic E-state index is 0. The number of pyridine rings is 6. The molecule has 6 aliphatic carbocycles. The molecule has 0 bridgehead atoms. The molecule has 136 heavy (non-hydrogen) atoms. The molecule has 0 atom stereocenters. The third-order valence-electron chi connectivity index (χ3n) is 29.0. The summed E-state index contributed by atoms with van der Waals surface area (Å²) < 4.78 is 0. The lowest BCUT2D eigenvalue weighted by Gasteiger charge is -2.11. The molecule has 0 radical (unpaired) electrons. The van der Waals surface area contributed by atoms with Gasteiger partial charge >= 0.3 is 0 Å². The first-order valence-electron chi connectivity index (χ1n) is 46.2. The van der Waals surface area contributed by atoms with Crippen molar-refractivity contribution in [3.63, 3.8) is 0 Å². The van der Waals surface area contributed by atoms with Crippen LogP contribution in [-0.4, -0.2) is 29.9 Å². The van der Waals surface area contributed by atoms with Gasteiger partial charge in [0.05, 0.1) is 33.3 Å². The number of benzene rings is 18. The number of nitrogens with zero attached hydrogens (tertiary/aromatic N) is 6. The number of fused-ring (bicyclic) bond motifs is 38. The van der Waals surface area contributed by atoms with E-state index in [1.807, 2.05) is 24.7 Å². The molecule has 0 saturated heterocycles. The lowest BCUT2D eigenvalue weighted by Crippen LogP contribution is -1.93. The summed E-state index contributed by atoms with van der Waals surface area (Å²) >= 11 is 0. The average Bonchev–Trinajstić information content (AvgIpc) is 1.62. The Morgan fingerprint density at radius 2 is 0.632 bits per heavy atom. The van der Waals surface area contributed by atoms with Gasteiger partial charge in [0.2, 0.25) is 0 Å². The molecule has 0 saturated carbocycles. The molecule has 6 nitrogen and oxygen atoms in total. The SMILES string of the molecule is C.C.C.C.Cc1c2ccccc2cc2c3c(cnc12)Cc1ccccc1-3.Cc1cc2c3c(cnc2c2ncccc12)Cc1ccccc1-3.Cc1ccc2ccc3c4c(cnc3c2c1)Cc1ccccc1-4.Cc1cccc2c1Cc1ccc3cc4ccccc4cc3c1-2.Cc1ccnc2c1Cc1ccc3cc4ccccc4cc3c1-2.Cc1nc2cc3ccccc3cc2c2c1Cc1ccccc1-2. The summed E-state index contributed by atoms with van der Waals surface area (Å²) in [5.41, 5.74) is 46.3. The molecule has 0 amide bonds. The molecule has 6 aliphatic rings. The molecule has 18 aromatic carbocycles. The molecule has 0 fully saturated rings. The minimum absolute atomic E-state index is 0. The Morgan fingerprint density at radius 3 is 1.25 bits per heavy atom. The van der Waals surface area contributed by atoms with E-state index in [0.29, 0.717) is 0 Å². The summed E-state index contributed by atoms with van der Waals surface area (Å²) in [6.45, 7) is 13.0. The van der Waals surface area contributed by atoms with Crippen molar-refractivity contribution in [2.75, 3.05) is 0 Å². The van der Waals surface area contributed by atoms with Crippen LogP contribution in [0.1, 0.15) is 130 Å². The lowest BCUT2D eigenvalue weighted by atomic mass is 9.95. The largest absolute Gasteiger partial charge is 0.256 e. The van der Waals surface area contributed by atoms with E-state index >= 15 is 0 Å². The number of aryl methyl sites for hydroxylation is 6. The lowest BCUT2D eigenvalue weighted by molar-refractivity contribution is 1.14.